The number of ether oxygens (including phenoxy) is 1. The number of nitrogens with one attached hydrogen (secondary N) is 1. The Morgan fingerprint density at radius 2 is 1.90 bits per heavy atom. The van der Waals surface area contributed by atoms with E-state index < -0.39 is 12.1 Å². The highest BCUT2D eigenvalue weighted by atomic mass is 19.1. The number of hydrogen-bond donors (Lipinski definition) is 1. The maximum atomic E-state index is 14.0. The topological polar surface area (TPSA) is 71.5 Å². The first kappa shape index (κ1) is 31.2. The van der Waals surface area contributed by atoms with E-state index in [1.54, 1.807) is 12.3 Å². The molecule has 216 valence electrons. The van der Waals surface area contributed by atoms with Crippen molar-refractivity contribution in [1.82, 2.24) is 9.88 Å². The lowest BCUT2D eigenvalue weighted by atomic mass is 9.88. The first-order valence-electron chi connectivity index (χ1n) is 14.4. The molecule has 2 aliphatic rings. The summed E-state index contributed by atoms with van der Waals surface area (Å²) < 4.78 is 18.8. The molecule has 1 aliphatic heterocycles. The molecular formula is C33H44FN3O3. The Labute approximate surface area is 238 Å². The molecule has 0 radical (unpaired) electrons. The Hall–Kier alpha value is -3.32. The third kappa shape index (κ3) is 8.34. The predicted octanol–water partition coefficient (Wildman–Crippen LogP) is 6.90. The highest BCUT2D eigenvalue weighted by Gasteiger charge is 2.43. The van der Waals surface area contributed by atoms with Gasteiger partial charge in [0.15, 0.2) is 0 Å². The van der Waals surface area contributed by atoms with E-state index >= 15 is 0 Å². The van der Waals surface area contributed by atoms with Gasteiger partial charge >= 0.3 is 0 Å². The molecule has 0 spiro atoms. The largest absolute Gasteiger partial charge is 0.378 e. The first-order chi connectivity index (χ1) is 19.2. The van der Waals surface area contributed by atoms with Crippen LogP contribution in [0.15, 0.2) is 64.9 Å². The van der Waals surface area contributed by atoms with Crippen LogP contribution in [0.3, 0.4) is 0 Å². The van der Waals surface area contributed by atoms with Gasteiger partial charge in [0.25, 0.3) is 5.91 Å². The average Bonchev–Trinajstić information content (AvgIpc) is 3.67. The summed E-state index contributed by atoms with van der Waals surface area (Å²) in [5.41, 5.74) is 6.23. The quantitative estimate of drug-likeness (QED) is 0.227. The summed E-state index contributed by atoms with van der Waals surface area (Å²) in [7, 11) is 0. The minimum Gasteiger partial charge on any atom is -0.378 e. The van der Waals surface area contributed by atoms with Gasteiger partial charge in [-0.05, 0) is 80.0 Å². The fraction of sp³-hybridized carbons (Fsp3) is 0.485. The number of allylic oxidation sites excluding steroid dienone is 6. The highest BCUT2D eigenvalue weighted by molar-refractivity contribution is 6.01. The summed E-state index contributed by atoms with van der Waals surface area (Å²) in [6.45, 7) is 16.6. The van der Waals surface area contributed by atoms with Crippen molar-refractivity contribution >= 4 is 23.7 Å². The van der Waals surface area contributed by atoms with Crippen LogP contribution in [-0.2, 0) is 14.3 Å². The molecule has 2 unspecified atom stereocenters. The van der Waals surface area contributed by atoms with Crippen LogP contribution in [-0.4, -0.2) is 54.2 Å². The molecule has 1 saturated heterocycles. The lowest BCUT2D eigenvalue weighted by molar-refractivity contribution is -0.130. The smallest absolute Gasteiger partial charge is 0.254 e. The van der Waals surface area contributed by atoms with E-state index in [1.165, 1.54) is 0 Å². The van der Waals surface area contributed by atoms with Crippen LogP contribution in [0.25, 0.3) is 6.08 Å². The summed E-state index contributed by atoms with van der Waals surface area (Å²) in [4.78, 5) is 32.5. The maximum absolute atomic E-state index is 14.0. The number of nitrogens with zero attached hydrogens (tertiary/aromatic N) is 2. The third-order valence-electron chi connectivity index (χ3n) is 7.20. The van der Waals surface area contributed by atoms with Gasteiger partial charge in [0.2, 0.25) is 5.91 Å². The zero-order chi connectivity index (χ0) is 29.2. The number of amides is 2. The Morgan fingerprint density at radius 3 is 2.48 bits per heavy atom. The highest BCUT2D eigenvalue weighted by Crippen LogP contribution is 2.35. The molecule has 1 saturated carbocycles. The van der Waals surface area contributed by atoms with Gasteiger partial charge in [-0.25, -0.2) is 9.37 Å². The second-order valence-corrected chi connectivity index (χ2v) is 10.6. The van der Waals surface area contributed by atoms with Crippen LogP contribution in [0.4, 0.5) is 10.2 Å². The number of aryl methyl sites for hydroxylation is 1. The minimum absolute atomic E-state index is 0.0118. The second kappa shape index (κ2) is 14.9. The summed E-state index contributed by atoms with van der Waals surface area (Å²) in [5, 5.41) is 2.73. The van der Waals surface area contributed by atoms with Crippen LogP contribution in [0, 0.1) is 12.8 Å². The molecule has 0 bridgehead atoms. The molecule has 6 nitrogen and oxygen atoms in total. The van der Waals surface area contributed by atoms with Crippen LogP contribution in [0.5, 0.6) is 0 Å². The molecular weight excluding hydrogens is 505 g/mol. The molecule has 3 rings (SSSR count). The van der Waals surface area contributed by atoms with E-state index in [2.05, 4.69) is 43.7 Å². The lowest BCUT2D eigenvalue weighted by Crippen LogP contribution is -2.41. The molecule has 2 heterocycles. The zero-order valence-electron chi connectivity index (χ0n) is 24.7. The van der Waals surface area contributed by atoms with Crippen molar-refractivity contribution in [3.8, 4) is 0 Å². The number of alkyl halides is 1. The number of aromatic nitrogens is 1. The van der Waals surface area contributed by atoms with Crippen LogP contribution >= 0.6 is 0 Å². The average molecular weight is 550 g/mol. The molecule has 2 fully saturated rings. The fourth-order valence-corrected chi connectivity index (χ4v) is 4.81. The summed E-state index contributed by atoms with van der Waals surface area (Å²) in [5.74, 6) is -0.541. The molecule has 7 heteroatoms. The van der Waals surface area contributed by atoms with Gasteiger partial charge in [0.05, 0.1) is 19.1 Å². The van der Waals surface area contributed by atoms with Gasteiger partial charge in [0.1, 0.15) is 12.0 Å². The molecule has 1 aromatic heterocycles. The SMILES string of the molecule is C=C(\C=C(C)/C(=C\C)C(=C/c1cnc(NC(=O)C2CC2F)cc1C)/C(=C/CCC)C(=O)N1CCOCC1)CCC. The van der Waals surface area contributed by atoms with Gasteiger partial charge in [0, 0.05) is 24.9 Å². The van der Waals surface area contributed by atoms with Crippen LogP contribution < -0.4 is 5.32 Å². The normalized spacial score (nSPS) is 20.4. The maximum Gasteiger partial charge on any atom is 0.254 e. The van der Waals surface area contributed by atoms with E-state index in [-0.39, 0.29) is 18.2 Å². The van der Waals surface area contributed by atoms with Crippen LogP contribution in [0.2, 0.25) is 0 Å². The summed E-state index contributed by atoms with van der Waals surface area (Å²) in [6, 6.07) is 1.79. The van der Waals surface area contributed by atoms with E-state index in [0.29, 0.717) is 37.7 Å². The van der Waals surface area contributed by atoms with Gasteiger partial charge in [-0.3, -0.25) is 9.59 Å². The minimum atomic E-state index is -1.06. The zero-order valence-corrected chi connectivity index (χ0v) is 24.7. The van der Waals surface area contributed by atoms with E-state index in [1.807, 2.05) is 37.0 Å². The number of anilines is 1. The van der Waals surface area contributed by atoms with Crippen molar-refractivity contribution in [3.63, 3.8) is 0 Å². The molecule has 0 aromatic carbocycles. The van der Waals surface area contributed by atoms with Crippen molar-refractivity contribution in [2.75, 3.05) is 31.6 Å². The number of rotatable bonds is 12. The van der Waals surface area contributed by atoms with E-state index in [9.17, 15) is 14.0 Å². The molecule has 1 N–H and O–H groups in total. The number of carbonyl (C=O) groups is 2. The van der Waals surface area contributed by atoms with E-state index in [0.717, 1.165) is 59.1 Å². The third-order valence-corrected chi connectivity index (χ3v) is 7.20. The molecule has 2 amide bonds. The Balaban J connectivity index is 2.08. The Morgan fingerprint density at radius 1 is 1.20 bits per heavy atom. The lowest BCUT2D eigenvalue weighted by Gasteiger charge is -2.29. The monoisotopic (exact) mass is 549 g/mol. The van der Waals surface area contributed by atoms with Gasteiger partial charge < -0.3 is 15.0 Å². The van der Waals surface area contributed by atoms with Crippen molar-refractivity contribution in [1.29, 1.82) is 0 Å². The van der Waals surface area contributed by atoms with Gasteiger partial charge in [-0.2, -0.15) is 0 Å². The van der Waals surface area contributed by atoms with Crippen molar-refractivity contribution < 1.29 is 18.7 Å². The van der Waals surface area contributed by atoms with Crippen molar-refractivity contribution in [2.24, 2.45) is 5.92 Å². The molecule has 1 aromatic rings. The van der Waals surface area contributed by atoms with Crippen molar-refractivity contribution in [3.05, 3.63) is 76.1 Å². The summed E-state index contributed by atoms with van der Waals surface area (Å²) in [6.07, 6.45) is 12.7. The number of hydrogen-bond acceptors (Lipinski definition) is 4. The number of carbonyl (C=O) groups excluding carboxylic acids is 2. The standard InChI is InChI=1S/C33H44FN3O3/c1-7-10-12-27(33(39)37-13-15-40-16-14-37)28(26(9-3)24(6)17-22(4)11-8-2)19-25-21-35-31(18-23(25)5)36-32(38)29-20-30(29)34/h9,12,17-19,21,29-30H,4,7-8,10-11,13-16,20H2,1-3,5-6H3,(H,35,36,38)/b24-17-,26-9+,27-12-,28-19-. The second-order valence-electron chi connectivity index (χ2n) is 10.6. The number of unbranched alkanes of at least 4 members (excludes halogenated alkanes) is 1. The summed E-state index contributed by atoms with van der Waals surface area (Å²) >= 11 is 0. The Bertz CT molecular complexity index is 1220. The number of halogens is 1. The number of morpholine rings is 1. The van der Waals surface area contributed by atoms with Gasteiger partial charge in [-0.1, -0.05) is 57.1 Å². The predicted molar refractivity (Wildman–Crippen MR) is 161 cm³/mol. The van der Waals surface area contributed by atoms with Gasteiger partial charge in [-0.15, -0.1) is 0 Å². The first-order valence-corrected chi connectivity index (χ1v) is 14.4. The number of pyridine rings is 1. The molecule has 1 aliphatic carbocycles. The van der Waals surface area contributed by atoms with Crippen molar-refractivity contribution in [2.45, 2.75) is 72.9 Å². The fourth-order valence-electron chi connectivity index (χ4n) is 4.81. The Kier molecular flexibility index (Phi) is 11.6. The van der Waals surface area contributed by atoms with Crippen LogP contribution in [0.1, 0.15) is 70.9 Å². The molecule has 2 atom stereocenters. The molecule has 40 heavy (non-hydrogen) atoms. The van der Waals surface area contributed by atoms with E-state index in [4.69, 9.17) is 4.74 Å².